The highest BCUT2D eigenvalue weighted by molar-refractivity contribution is 9.11. The monoisotopic (exact) mass is 410 g/mol. The van der Waals surface area contributed by atoms with E-state index in [2.05, 4.69) is 86.3 Å². The third kappa shape index (κ3) is 2.62. The Kier molecular flexibility index (Phi) is 3.84. The van der Waals surface area contributed by atoms with Crippen molar-refractivity contribution in [2.45, 2.75) is 13.8 Å². The van der Waals surface area contributed by atoms with Gasteiger partial charge in [-0.15, -0.1) is 0 Å². The quantitative estimate of drug-likeness (QED) is 0.544. The van der Waals surface area contributed by atoms with Gasteiger partial charge >= 0.3 is 0 Å². The van der Waals surface area contributed by atoms with Crippen molar-refractivity contribution in [3.8, 4) is 0 Å². The minimum Gasteiger partial charge on any atom is -0.330 e. The van der Waals surface area contributed by atoms with Crippen LogP contribution in [0.3, 0.4) is 0 Å². The number of hydrogen-bond acceptors (Lipinski definition) is 3. The number of aryl methyl sites for hydroxylation is 2. The fourth-order valence-corrected chi connectivity index (χ4v) is 4.63. The number of hydrogen-bond donors (Lipinski definition) is 1. The maximum atomic E-state index is 4.68. The van der Waals surface area contributed by atoms with Gasteiger partial charge in [0.05, 0.1) is 15.9 Å². The average Bonchev–Trinajstić information content (AvgIpc) is 2.78. The molecule has 3 aromatic rings. The summed E-state index contributed by atoms with van der Waals surface area (Å²) in [4.78, 5) is 4.68. The highest BCUT2D eigenvalue weighted by atomic mass is 79.9. The molecule has 0 spiro atoms. The Balaban J connectivity index is 2.04. The predicted molar refractivity (Wildman–Crippen MR) is 94.2 cm³/mol. The number of aromatic nitrogens is 1. The highest BCUT2D eigenvalue weighted by Crippen LogP contribution is 2.37. The SMILES string of the molecule is Cc1cc(Br)c(Nc2nc3c(C)cccc3s2)c(Br)c1. The smallest absolute Gasteiger partial charge is 0.188 e. The van der Waals surface area contributed by atoms with Crippen LogP contribution in [0.1, 0.15) is 11.1 Å². The van der Waals surface area contributed by atoms with E-state index in [0.717, 1.165) is 25.3 Å². The third-order valence-corrected chi connectivity index (χ3v) is 5.23. The second-order valence-electron chi connectivity index (χ2n) is 4.67. The van der Waals surface area contributed by atoms with Gasteiger partial charge in [-0.1, -0.05) is 23.5 Å². The van der Waals surface area contributed by atoms with Crippen molar-refractivity contribution in [3.63, 3.8) is 0 Å². The number of para-hydroxylation sites is 1. The summed E-state index contributed by atoms with van der Waals surface area (Å²) in [6.45, 7) is 4.16. The van der Waals surface area contributed by atoms with Gasteiger partial charge in [0.1, 0.15) is 0 Å². The first kappa shape index (κ1) is 14.0. The first-order valence-corrected chi connectivity index (χ1v) is 8.53. The van der Waals surface area contributed by atoms with Crippen LogP contribution in [-0.4, -0.2) is 4.98 Å². The van der Waals surface area contributed by atoms with E-state index < -0.39 is 0 Å². The summed E-state index contributed by atoms with van der Waals surface area (Å²) in [5.74, 6) is 0. The van der Waals surface area contributed by atoms with Crippen LogP contribution in [-0.2, 0) is 0 Å². The molecule has 0 bridgehead atoms. The van der Waals surface area contributed by atoms with Gasteiger partial charge in [-0.3, -0.25) is 0 Å². The highest BCUT2D eigenvalue weighted by Gasteiger charge is 2.10. The Labute approximate surface area is 138 Å². The lowest BCUT2D eigenvalue weighted by Gasteiger charge is -2.09. The number of fused-ring (bicyclic) bond motifs is 1. The van der Waals surface area contributed by atoms with Gasteiger partial charge in [-0.25, -0.2) is 4.98 Å². The summed E-state index contributed by atoms with van der Waals surface area (Å²) >= 11 is 8.86. The molecule has 0 aliphatic carbocycles. The van der Waals surface area contributed by atoms with Crippen LogP contribution in [0.4, 0.5) is 10.8 Å². The van der Waals surface area contributed by atoms with Gasteiger partial charge in [0, 0.05) is 8.95 Å². The van der Waals surface area contributed by atoms with E-state index in [1.165, 1.54) is 15.8 Å². The first-order chi connectivity index (χ1) is 9.54. The molecule has 2 aromatic carbocycles. The normalized spacial score (nSPS) is 11.0. The van der Waals surface area contributed by atoms with E-state index in [-0.39, 0.29) is 0 Å². The summed E-state index contributed by atoms with van der Waals surface area (Å²) in [6.07, 6.45) is 0. The molecular weight excluding hydrogens is 400 g/mol. The van der Waals surface area contributed by atoms with Crippen LogP contribution in [0.5, 0.6) is 0 Å². The van der Waals surface area contributed by atoms with Gasteiger partial charge in [-0.05, 0) is 75.0 Å². The second-order valence-corrected chi connectivity index (χ2v) is 7.41. The van der Waals surface area contributed by atoms with Crippen molar-refractivity contribution < 1.29 is 0 Å². The zero-order valence-electron chi connectivity index (χ0n) is 11.0. The molecule has 20 heavy (non-hydrogen) atoms. The van der Waals surface area contributed by atoms with Crippen LogP contribution in [0.2, 0.25) is 0 Å². The van der Waals surface area contributed by atoms with Gasteiger partial charge in [0.2, 0.25) is 0 Å². The zero-order chi connectivity index (χ0) is 14.3. The van der Waals surface area contributed by atoms with Crippen LogP contribution in [0.25, 0.3) is 10.2 Å². The minimum absolute atomic E-state index is 0.902. The van der Waals surface area contributed by atoms with Crippen molar-refractivity contribution in [3.05, 3.63) is 50.4 Å². The van der Waals surface area contributed by atoms with Crippen molar-refractivity contribution >= 4 is 64.2 Å². The second kappa shape index (κ2) is 5.47. The van der Waals surface area contributed by atoms with Crippen molar-refractivity contribution in [1.82, 2.24) is 4.98 Å². The Hall–Kier alpha value is -0.910. The van der Waals surface area contributed by atoms with Gasteiger partial charge in [0.15, 0.2) is 5.13 Å². The van der Waals surface area contributed by atoms with Crippen LogP contribution >= 0.6 is 43.2 Å². The fraction of sp³-hybridized carbons (Fsp3) is 0.133. The number of benzene rings is 2. The third-order valence-electron chi connectivity index (χ3n) is 3.04. The van der Waals surface area contributed by atoms with Gasteiger partial charge in [0.25, 0.3) is 0 Å². The Morgan fingerprint density at radius 2 is 1.80 bits per heavy atom. The van der Waals surface area contributed by atoms with Gasteiger partial charge in [-0.2, -0.15) is 0 Å². The Morgan fingerprint density at radius 1 is 1.10 bits per heavy atom. The van der Waals surface area contributed by atoms with Gasteiger partial charge < -0.3 is 5.32 Å². The molecule has 0 atom stereocenters. The topological polar surface area (TPSA) is 24.9 Å². The maximum Gasteiger partial charge on any atom is 0.188 e. The number of anilines is 2. The molecule has 0 radical (unpaired) electrons. The molecular formula is C15H12Br2N2S. The van der Waals surface area contributed by atoms with E-state index in [1.54, 1.807) is 11.3 Å². The molecule has 1 heterocycles. The number of thiazole rings is 1. The Morgan fingerprint density at radius 3 is 2.45 bits per heavy atom. The molecule has 2 nitrogen and oxygen atoms in total. The maximum absolute atomic E-state index is 4.68. The standard InChI is InChI=1S/C15H12Br2N2S/c1-8-6-10(16)14(11(17)7-8)19-15-18-13-9(2)4-3-5-12(13)20-15/h3-7H,1-2H3,(H,18,19). The molecule has 0 fully saturated rings. The summed E-state index contributed by atoms with van der Waals surface area (Å²) in [7, 11) is 0. The first-order valence-electron chi connectivity index (χ1n) is 6.13. The largest absolute Gasteiger partial charge is 0.330 e. The minimum atomic E-state index is 0.902. The van der Waals surface area contributed by atoms with E-state index in [0.29, 0.717) is 0 Å². The number of nitrogens with one attached hydrogen (secondary N) is 1. The lowest BCUT2D eigenvalue weighted by molar-refractivity contribution is 1.37. The van der Waals surface area contributed by atoms with E-state index in [4.69, 9.17) is 0 Å². The summed E-state index contributed by atoms with van der Waals surface area (Å²) in [5.41, 5.74) is 4.48. The van der Waals surface area contributed by atoms with E-state index in [1.807, 2.05) is 0 Å². The number of halogens is 2. The Bertz CT molecular complexity index is 773. The van der Waals surface area contributed by atoms with E-state index >= 15 is 0 Å². The molecule has 0 aliphatic rings. The molecule has 0 aliphatic heterocycles. The van der Waals surface area contributed by atoms with Crippen LogP contribution < -0.4 is 5.32 Å². The lowest BCUT2D eigenvalue weighted by Crippen LogP contribution is -1.93. The molecule has 5 heteroatoms. The molecule has 0 unspecified atom stereocenters. The fourth-order valence-electron chi connectivity index (χ4n) is 2.07. The lowest BCUT2D eigenvalue weighted by atomic mass is 10.2. The van der Waals surface area contributed by atoms with Crippen LogP contribution in [0.15, 0.2) is 39.3 Å². The van der Waals surface area contributed by atoms with Crippen molar-refractivity contribution in [1.29, 1.82) is 0 Å². The van der Waals surface area contributed by atoms with Crippen molar-refractivity contribution in [2.24, 2.45) is 0 Å². The summed E-state index contributed by atoms with van der Waals surface area (Å²) in [6, 6.07) is 10.4. The average molecular weight is 412 g/mol. The van der Waals surface area contributed by atoms with Crippen LogP contribution in [0, 0.1) is 13.8 Å². The predicted octanol–water partition coefficient (Wildman–Crippen LogP) is 6.18. The van der Waals surface area contributed by atoms with E-state index in [9.17, 15) is 0 Å². The molecule has 1 N–H and O–H groups in total. The number of rotatable bonds is 2. The molecule has 0 saturated carbocycles. The molecule has 0 amide bonds. The van der Waals surface area contributed by atoms with Crippen molar-refractivity contribution in [2.75, 3.05) is 5.32 Å². The molecule has 1 aromatic heterocycles. The summed E-state index contributed by atoms with van der Waals surface area (Å²) < 4.78 is 3.26. The molecule has 0 saturated heterocycles. The zero-order valence-corrected chi connectivity index (χ0v) is 15.0. The number of nitrogens with zero attached hydrogens (tertiary/aromatic N) is 1. The molecule has 102 valence electrons. The summed E-state index contributed by atoms with van der Waals surface area (Å²) in [5, 5.41) is 4.30. The molecule has 3 rings (SSSR count).